The van der Waals surface area contributed by atoms with Crippen molar-refractivity contribution < 1.29 is 9.53 Å². The van der Waals surface area contributed by atoms with Crippen molar-refractivity contribution in [1.29, 1.82) is 0 Å². The number of benzene rings is 2. The molecule has 3 heterocycles. The Kier molecular flexibility index (Phi) is 7.68. The van der Waals surface area contributed by atoms with E-state index in [9.17, 15) is 4.79 Å². The van der Waals surface area contributed by atoms with Crippen molar-refractivity contribution in [2.45, 2.75) is 46.1 Å². The van der Waals surface area contributed by atoms with E-state index in [-0.39, 0.29) is 11.8 Å². The molecule has 4 aromatic rings. The van der Waals surface area contributed by atoms with Crippen LogP contribution in [0, 0.1) is 12.8 Å². The molecule has 37 heavy (non-hydrogen) atoms. The third-order valence-electron chi connectivity index (χ3n) is 6.95. The molecule has 1 saturated heterocycles. The van der Waals surface area contributed by atoms with Gasteiger partial charge in [0.1, 0.15) is 11.6 Å². The van der Waals surface area contributed by atoms with Crippen LogP contribution in [0.15, 0.2) is 66.7 Å². The summed E-state index contributed by atoms with van der Waals surface area (Å²) >= 11 is 0. The van der Waals surface area contributed by atoms with Gasteiger partial charge in [0, 0.05) is 48.9 Å². The zero-order valence-corrected chi connectivity index (χ0v) is 21.7. The second kappa shape index (κ2) is 11.5. The predicted octanol–water partition coefficient (Wildman–Crippen LogP) is 5.42. The molecule has 0 bridgehead atoms. The topological polar surface area (TPSA) is 71.8 Å². The molecule has 2 aromatic heterocycles. The highest BCUT2D eigenvalue weighted by atomic mass is 16.5. The SMILES string of the molecule is CCCCOc1ccc(CNC(=O)C2CCN(c3cc(C)nc4cc(-c5ccccc5)nn34)CC2)cc1. The molecule has 1 amide bonds. The molecule has 5 rings (SSSR count). The summed E-state index contributed by atoms with van der Waals surface area (Å²) in [5, 5.41) is 8.00. The summed E-state index contributed by atoms with van der Waals surface area (Å²) in [7, 11) is 0. The Morgan fingerprint density at radius 2 is 1.81 bits per heavy atom. The average molecular weight is 498 g/mol. The molecule has 0 unspecified atom stereocenters. The molecule has 0 atom stereocenters. The maximum absolute atomic E-state index is 12.9. The molecule has 1 N–H and O–H groups in total. The quantitative estimate of drug-likeness (QED) is 0.313. The minimum atomic E-state index is 0.0174. The van der Waals surface area contributed by atoms with E-state index < -0.39 is 0 Å². The zero-order chi connectivity index (χ0) is 25.6. The molecular weight excluding hydrogens is 462 g/mol. The van der Waals surface area contributed by atoms with Gasteiger partial charge in [-0.15, -0.1) is 0 Å². The Morgan fingerprint density at radius 3 is 2.54 bits per heavy atom. The fourth-order valence-corrected chi connectivity index (χ4v) is 4.80. The van der Waals surface area contributed by atoms with E-state index in [0.717, 1.165) is 85.1 Å². The van der Waals surface area contributed by atoms with Gasteiger partial charge < -0.3 is 15.0 Å². The number of rotatable bonds is 9. The largest absolute Gasteiger partial charge is 0.494 e. The first-order chi connectivity index (χ1) is 18.1. The van der Waals surface area contributed by atoms with Crippen LogP contribution in [0.5, 0.6) is 5.75 Å². The second-order valence-electron chi connectivity index (χ2n) is 9.75. The number of aryl methyl sites for hydroxylation is 1. The van der Waals surface area contributed by atoms with Crippen LogP contribution < -0.4 is 15.0 Å². The van der Waals surface area contributed by atoms with Gasteiger partial charge in [0.15, 0.2) is 5.65 Å². The summed E-state index contributed by atoms with van der Waals surface area (Å²) < 4.78 is 7.66. The monoisotopic (exact) mass is 497 g/mol. The van der Waals surface area contributed by atoms with Gasteiger partial charge in [-0.3, -0.25) is 4.79 Å². The van der Waals surface area contributed by atoms with Crippen LogP contribution in [0.1, 0.15) is 43.9 Å². The highest BCUT2D eigenvalue weighted by Gasteiger charge is 2.26. The number of piperidine rings is 1. The third kappa shape index (κ3) is 5.93. The molecule has 0 spiro atoms. The molecule has 2 aromatic carbocycles. The number of fused-ring (bicyclic) bond motifs is 1. The van der Waals surface area contributed by atoms with Crippen LogP contribution in [0.2, 0.25) is 0 Å². The molecular formula is C30H35N5O2. The highest BCUT2D eigenvalue weighted by Crippen LogP contribution is 2.27. The van der Waals surface area contributed by atoms with E-state index in [4.69, 9.17) is 14.8 Å². The van der Waals surface area contributed by atoms with Gasteiger partial charge in [-0.2, -0.15) is 9.61 Å². The lowest BCUT2D eigenvalue weighted by molar-refractivity contribution is -0.125. The lowest BCUT2D eigenvalue weighted by Gasteiger charge is -2.33. The smallest absolute Gasteiger partial charge is 0.223 e. The molecule has 0 aliphatic carbocycles. The van der Waals surface area contributed by atoms with Crippen molar-refractivity contribution in [1.82, 2.24) is 19.9 Å². The van der Waals surface area contributed by atoms with Crippen molar-refractivity contribution in [2.24, 2.45) is 5.92 Å². The van der Waals surface area contributed by atoms with Crippen LogP contribution in [-0.4, -0.2) is 40.2 Å². The number of nitrogens with zero attached hydrogens (tertiary/aromatic N) is 4. The van der Waals surface area contributed by atoms with Gasteiger partial charge in [-0.25, -0.2) is 4.98 Å². The number of anilines is 1. The summed E-state index contributed by atoms with van der Waals surface area (Å²) in [5.41, 5.74) is 4.87. The summed E-state index contributed by atoms with van der Waals surface area (Å²) in [6.07, 6.45) is 3.80. The predicted molar refractivity (Wildman–Crippen MR) is 147 cm³/mol. The summed E-state index contributed by atoms with van der Waals surface area (Å²) in [6.45, 7) is 7.06. The minimum Gasteiger partial charge on any atom is -0.494 e. The standard InChI is InChI=1S/C30H35N5O2/c1-3-4-18-37-26-12-10-23(11-13-26)21-31-30(36)25-14-16-34(17-15-25)29-19-22(2)32-28-20-27(33-35(28)29)24-8-6-5-7-9-24/h5-13,19-20,25H,3-4,14-18,21H2,1-2H3,(H,31,36). The maximum atomic E-state index is 12.9. The van der Waals surface area contributed by atoms with Crippen molar-refractivity contribution in [3.63, 3.8) is 0 Å². The molecule has 0 saturated carbocycles. The number of ether oxygens (including phenoxy) is 1. The van der Waals surface area contributed by atoms with Gasteiger partial charge in [-0.05, 0) is 43.9 Å². The Balaban J connectivity index is 1.18. The van der Waals surface area contributed by atoms with Crippen molar-refractivity contribution in [2.75, 3.05) is 24.6 Å². The van der Waals surface area contributed by atoms with Crippen molar-refractivity contribution in [3.05, 3.63) is 78.0 Å². The Hall–Kier alpha value is -3.87. The minimum absolute atomic E-state index is 0.0174. The first-order valence-corrected chi connectivity index (χ1v) is 13.3. The lowest BCUT2D eigenvalue weighted by Crippen LogP contribution is -2.41. The Bertz CT molecular complexity index is 1330. The molecule has 7 heteroatoms. The zero-order valence-electron chi connectivity index (χ0n) is 21.7. The molecule has 1 aliphatic heterocycles. The van der Waals surface area contributed by atoms with E-state index in [0.29, 0.717) is 6.54 Å². The lowest BCUT2D eigenvalue weighted by atomic mass is 9.95. The highest BCUT2D eigenvalue weighted by molar-refractivity contribution is 5.79. The van der Waals surface area contributed by atoms with E-state index in [1.54, 1.807) is 0 Å². The van der Waals surface area contributed by atoms with Crippen LogP contribution in [-0.2, 0) is 11.3 Å². The first kappa shape index (κ1) is 24.8. The van der Waals surface area contributed by atoms with Gasteiger partial charge in [0.2, 0.25) is 5.91 Å². The first-order valence-electron chi connectivity index (χ1n) is 13.3. The van der Waals surface area contributed by atoms with E-state index >= 15 is 0 Å². The molecule has 0 radical (unpaired) electrons. The van der Waals surface area contributed by atoms with Crippen LogP contribution in [0.4, 0.5) is 5.82 Å². The fraction of sp³-hybridized carbons (Fsp3) is 0.367. The number of nitrogens with one attached hydrogen (secondary N) is 1. The summed E-state index contributed by atoms with van der Waals surface area (Å²) in [6, 6.07) is 22.3. The fourth-order valence-electron chi connectivity index (χ4n) is 4.80. The van der Waals surface area contributed by atoms with E-state index in [1.165, 1.54) is 0 Å². The number of amides is 1. The van der Waals surface area contributed by atoms with E-state index in [2.05, 4.69) is 35.3 Å². The summed E-state index contributed by atoms with van der Waals surface area (Å²) in [5.74, 6) is 2.06. The van der Waals surface area contributed by atoms with Crippen LogP contribution >= 0.6 is 0 Å². The van der Waals surface area contributed by atoms with Crippen LogP contribution in [0.3, 0.4) is 0 Å². The number of carbonyl (C=O) groups is 1. The maximum Gasteiger partial charge on any atom is 0.223 e. The van der Waals surface area contributed by atoms with Gasteiger partial charge >= 0.3 is 0 Å². The average Bonchev–Trinajstić information content (AvgIpc) is 3.37. The van der Waals surface area contributed by atoms with Crippen molar-refractivity contribution in [3.8, 4) is 17.0 Å². The number of carbonyl (C=O) groups excluding carboxylic acids is 1. The van der Waals surface area contributed by atoms with Crippen molar-refractivity contribution >= 4 is 17.4 Å². The molecule has 7 nitrogen and oxygen atoms in total. The number of aromatic nitrogens is 3. The molecule has 1 fully saturated rings. The second-order valence-corrected chi connectivity index (χ2v) is 9.75. The van der Waals surface area contributed by atoms with Gasteiger partial charge in [0.25, 0.3) is 0 Å². The third-order valence-corrected chi connectivity index (χ3v) is 6.95. The van der Waals surface area contributed by atoms with Gasteiger partial charge in [-0.1, -0.05) is 55.8 Å². The Morgan fingerprint density at radius 1 is 1.05 bits per heavy atom. The Labute approximate surface area is 218 Å². The number of hydrogen-bond donors (Lipinski definition) is 1. The number of unbranched alkanes of at least 4 members (excludes halogenated alkanes) is 1. The molecule has 192 valence electrons. The van der Waals surface area contributed by atoms with E-state index in [1.807, 2.05) is 60.0 Å². The molecule has 1 aliphatic rings. The summed E-state index contributed by atoms with van der Waals surface area (Å²) in [4.78, 5) is 19.9. The van der Waals surface area contributed by atoms with Gasteiger partial charge in [0.05, 0.1) is 12.3 Å². The normalized spacial score (nSPS) is 14.2. The number of hydrogen-bond acceptors (Lipinski definition) is 5. The van der Waals surface area contributed by atoms with Crippen LogP contribution in [0.25, 0.3) is 16.9 Å².